The first kappa shape index (κ1) is 25.8. The Balaban J connectivity index is 1.50. The van der Waals surface area contributed by atoms with Gasteiger partial charge in [0.1, 0.15) is 0 Å². The van der Waals surface area contributed by atoms with Gasteiger partial charge < -0.3 is 20.3 Å². The summed E-state index contributed by atoms with van der Waals surface area (Å²) in [5.74, 6) is 0.178. The van der Waals surface area contributed by atoms with Crippen molar-refractivity contribution in [2.75, 3.05) is 62.7 Å². The molecule has 0 radical (unpaired) electrons. The number of ether oxygens (including phenoxy) is 1. The molecule has 2 amide bonds. The summed E-state index contributed by atoms with van der Waals surface area (Å²) in [5, 5.41) is 6.67. The molecule has 4 rings (SSSR count). The molecule has 0 unspecified atom stereocenters. The fourth-order valence-electron chi connectivity index (χ4n) is 4.44. The van der Waals surface area contributed by atoms with E-state index in [2.05, 4.69) is 27.4 Å². The highest BCUT2D eigenvalue weighted by Crippen LogP contribution is 2.29. The fourth-order valence-corrected chi connectivity index (χ4v) is 4.93. The largest absolute Gasteiger partial charge is 0.379 e. The molecule has 188 valence electrons. The van der Waals surface area contributed by atoms with Gasteiger partial charge >= 0.3 is 0 Å². The number of halogens is 2. The van der Waals surface area contributed by atoms with Gasteiger partial charge in [0.05, 0.1) is 29.4 Å². The van der Waals surface area contributed by atoms with Crippen molar-refractivity contribution in [1.29, 1.82) is 0 Å². The molecule has 9 heteroatoms. The third kappa shape index (κ3) is 6.88. The number of hydrogen-bond donors (Lipinski definition) is 2. The summed E-state index contributed by atoms with van der Waals surface area (Å²) < 4.78 is 5.39. The topological polar surface area (TPSA) is 73.9 Å². The number of carbonyl (C=O) groups is 2. The lowest BCUT2D eigenvalue weighted by Crippen LogP contribution is -2.41. The van der Waals surface area contributed by atoms with E-state index in [1.165, 1.54) is 6.07 Å². The second kappa shape index (κ2) is 12.1. The first-order valence-corrected chi connectivity index (χ1v) is 12.9. The fraction of sp³-hybridized carbons (Fsp3) is 0.462. The van der Waals surface area contributed by atoms with Gasteiger partial charge in [0, 0.05) is 55.7 Å². The summed E-state index contributed by atoms with van der Waals surface area (Å²) in [4.78, 5) is 30.7. The lowest BCUT2D eigenvalue weighted by atomic mass is 9.97. The molecular weight excluding hydrogens is 487 g/mol. The van der Waals surface area contributed by atoms with Gasteiger partial charge in [0.2, 0.25) is 0 Å². The van der Waals surface area contributed by atoms with Crippen molar-refractivity contribution in [3.8, 4) is 0 Å². The summed E-state index contributed by atoms with van der Waals surface area (Å²) in [7, 11) is 0. The maximum absolute atomic E-state index is 13.3. The van der Waals surface area contributed by atoms with E-state index in [4.69, 9.17) is 27.9 Å². The summed E-state index contributed by atoms with van der Waals surface area (Å²) >= 11 is 12.2. The van der Waals surface area contributed by atoms with E-state index in [-0.39, 0.29) is 16.8 Å². The van der Waals surface area contributed by atoms with Gasteiger partial charge in [-0.05, 0) is 55.2 Å². The molecule has 0 atom stereocenters. The molecule has 2 aromatic carbocycles. The molecule has 2 N–H and O–H groups in total. The minimum Gasteiger partial charge on any atom is -0.379 e. The number of piperidine rings is 1. The zero-order valence-corrected chi connectivity index (χ0v) is 21.5. The van der Waals surface area contributed by atoms with Crippen molar-refractivity contribution >= 4 is 46.4 Å². The zero-order chi connectivity index (χ0) is 24.8. The minimum atomic E-state index is -0.357. The van der Waals surface area contributed by atoms with E-state index in [1.54, 1.807) is 18.2 Å². The summed E-state index contributed by atoms with van der Waals surface area (Å²) in [6.45, 7) is 8.60. The lowest BCUT2D eigenvalue weighted by Gasteiger charge is -2.33. The van der Waals surface area contributed by atoms with Crippen LogP contribution in [-0.2, 0) is 4.74 Å². The van der Waals surface area contributed by atoms with Gasteiger partial charge in [0.15, 0.2) is 0 Å². The highest BCUT2D eigenvalue weighted by atomic mass is 35.5. The van der Waals surface area contributed by atoms with Gasteiger partial charge in [-0.25, -0.2) is 0 Å². The van der Waals surface area contributed by atoms with E-state index in [9.17, 15) is 9.59 Å². The second-order valence-corrected chi connectivity index (χ2v) is 10.0. The average molecular weight is 519 g/mol. The van der Waals surface area contributed by atoms with E-state index in [0.717, 1.165) is 64.5 Å². The molecule has 0 aliphatic carbocycles. The maximum Gasteiger partial charge on any atom is 0.257 e. The van der Waals surface area contributed by atoms with Gasteiger partial charge in [-0.1, -0.05) is 30.1 Å². The van der Waals surface area contributed by atoms with Crippen molar-refractivity contribution in [2.45, 2.75) is 19.8 Å². The van der Waals surface area contributed by atoms with Crippen LogP contribution in [0.15, 0.2) is 36.4 Å². The van der Waals surface area contributed by atoms with Gasteiger partial charge in [-0.15, -0.1) is 0 Å². The van der Waals surface area contributed by atoms with Crippen LogP contribution in [0.4, 0.5) is 11.4 Å². The molecule has 2 fully saturated rings. The summed E-state index contributed by atoms with van der Waals surface area (Å²) in [6.07, 6.45) is 2.18. The molecule has 0 saturated carbocycles. The lowest BCUT2D eigenvalue weighted by molar-refractivity contribution is 0.0383. The van der Waals surface area contributed by atoms with E-state index < -0.39 is 0 Å². The highest BCUT2D eigenvalue weighted by molar-refractivity contribution is 6.37. The predicted octanol–water partition coefficient (Wildman–Crippen LogP) is 4.54. The van der Waals surface area contributed by atoms with Crippen LogP contribution in [0.2, 0.25) is 10.0 Å². The Bertz CT molecular complexity index is 1050. The zero-order valence-electron chi connectivity index (χ0n) is 20.0. The van der Waals surface area contributed by atoms with Crippen LogP contribution in [0.3, 0.4) is 0 Å². The molecule has 2 heterocycles. The van der Waals surface area contributed by atoms with E-state index >= 15 is 0 Å². The molecule has 2 aromatic rings. The van der Waals surface area contributed by atoms with Crippen molar-refractivity contribution in [3.05, 3.63) is 57.6 Å². The quantitative estimate of drug-likeness (QED) is 0.562. The molecular formula is C26H32Cl2N4O3. The average Bonchev–Trinajstić information content (AvgIpc) is 2.85. The standard InChI is InChI=1S/C26H32Cl2N4O3/c1-18-6-9-32(10-7-18)24-5-3-20(30-26(34)21-4-2-19(27)16-23(21)28)17-22(24)25(33)29-8-11-31-12-14-35-15-13-31/h2-5,16-18H,6-15H2,1H3,(H,29,33)(H,30,34). The molecule has 0 spiro atoms. The molecule has 2 saturated heterocycles. The maximum atomic E-state index is 13.3. The Morgan fingerprint density at radius 3 is 2.43 bits per heavy atom. The van der Waals surface area contributed by atoms with E-state index in [0.29, 0.717) is 34.3 Å². The number of anilines is 2. The molecule has 35 heavy (non-hydrogen) atoms. The Kier molecular flexibility index (Phi) is 8.89. The Morgan fingerprint density at radius 2 is 1.71 bits per heavy atom. The normalized spacial score (nSPS) is 17.3. The number of nitrogens with zero attached hydrogens (tertiary/aromatic N) is 2. The third-order valence-electron chi connectivity index (χ3n) is 6.62. The monoisotopic (exact) mass is 518 g/mol. The number of carbonyl (C=O) groups excluding carboxylic acids is 2. The van der Waals surface area contributed by atoms with Crippen LogP contribution in [0.25, 0.3) is 0 Å². The molecule has 7 nitrogen and oxygen atoms in total. The number of amides is 2. The van der Waals surface area contributed by atoms with Crippen molar-refractivity contribution < 1.29 is 14.3 Å². The smallest absolute Gasteiger partial charge is 0.257 e. The number of hydrogen-bond acceptors (Lipinski definition) is 5. The molecule has 2 aliphatic heterocycles. The van der Waals surface area contributed by atoms with E-state index in [1.807, 2.05) is 12.1 Å². The number of benzene rings is 2. The first-order chi connectivity index (χ1) is 16.9. The van der Waals surface area contributed by atoms with Crippen LogP contribution >= 0.6 is 23.2 Å². The number of morpholine rings is 1. The second-order valence-electron chi connectivity index (χ2n) is 9.19. The van der Waals surface area contributed by atoms with Crippen LogP contribution in [0, 0.1) is 5.92 Å². The van der Waals surface area contributed by atoms with Crippen LogP contribution in [0.1, 0.15) is 40.5 Å². The minimum absolute atomic E-state index is 0.146. The van der Waals surface area contributed by atoms with Crippen molar-refractivity contribution in [3.63, 3.8) is 0 Å². The van der Waals surface area contributed by atoms with Gasteiger partial charge in [0.25, 0.3) is 11.8 Å². The summed E-state index contributed by atoms with van der Waals surface area (Å²) in [6, 6.07) is 10.2. The molecule has 2 aliphatic rings. The Morgan fingerprint density at radius 1 is 0.971 bits per heavy atom. The first-order valence-electron chi connectivity index (χ1n) is 12.1. The van der Waals surface area contributed by atoms with Crippen molar-refractivity contribution in [1.82, 2.24) is 10.2 Å². The van der Waals surface area contributed by atoms with Crippen LogP contribution < -0.4 is 15.5 Å². The van der Waals surface area contributed by atoms with Crippen LogP contribution in [0.5, 0.6) is 0 Å². The number of rotatable bonds is 7. The van der Waals surface area contributed by atoms with Gasteiger partial charge in [-0.2, -0.15) is 0 Å². The highest BCUT2D eigenvalue weighted by Gasteiger charge is 2.22. The number of nitrogens with one attached hydrogen (secondary N) is 2. The van der Waals surface area contributed by atoms with Crippen molar-refractivity contribution in [2.24, 2.45) is 5.92 Å². The van der Waals surface area contributed by atoms with Gasteiger partial charge in [-0.3, -0.25) is 14.5 Å². The summed E-state index contributed by atoms with van der Waals surface area (Å²) in [5.41, 5.74) is 2.31. The Hall–Kier alpha value is -2.32. The third-order valence-corrected chi connectivity index (χ3v) is 7.16. The molecule has 0 aromatic heterocycles. The Labute approximate surface area is 216 Å². The molecule has 0 bridgehead atoms. The van der Waals surface area contributed by atoms with Crippen LogP contribution in [-0.4, -0.2) is 69.2 Å². The predicted molar refractivity (Wildman–Crippen MR) is 141 cm³/mol. The SMILES string of the molecule is CC1CCN(c2ccc(NC(=O)c3ccc(Cl)cc3Cl)cc2C(=O)NCCN2CCOCC2)CC1.